The van der Waals surface area contributed by atoms with Gasteiger partial charge in [-0.1, -0.05) is 0 Å². The second kappa shape index (κ2) is 5.46. The Kier molecular flexibility index (Phi) is 4.97. The van der Waals surface area contributed by atoms with Gasteiger partial charge < -0.3 is 27.6 Å². The molecule has 76 valence electrons. The summed E-state index contributed by atoms with van der Waals surface area (Å²) in [7, 11) is 0. The van der Waals surface area contributed by atoms with E-state index in [-0.39, 0.29) is 13.1 Å². The van der Waals surface area contributed by atoms with Crippen LogP contribution in [0.25, 0.3) is 0 Å². The van der Waals surface area contributed by atoms with Gasteiger partial charge in [0, 0.05) is 13.1 Å². The second-order valence-corrected chi connectivity index (χ2v) is 2.48. The number of aliphatic carboxylic acids is 1. The maximum Gasteiger partial charge on any atom is 0.327 e. The summed E-state index contributed by atoms with van der Waals surface area (Å²) < 4.78 is 0. The number of nitrogens with one attached hydrogen (secondary N) is 1. The standard InChI is InChI=1S/C6H14N4O3/c7-1-3(9)5(11)10-4(2-8)6(12)13/h3-4H,1-2,7-9H2,(H,10,11)(H,12,13)/t3-,4+/m0/s1. The summed E-state index contributed by atoms with van der Waals surface area (Å²) in [6.07, 6.45) is 0. The lowest BCUT2D eigenvalue weighted by Gasteiger charge is -2.14. The van der Waals surface area contributed by atoms with Gasteiger partial charge >= 0.3 is 5.97 Å². The summed E-state index contributed by atoms with van der Waals surface area (Å²) in [5.41, 5.74) is 15.4. The van der Waals surface area contributed by atoms with Gasteiger partial charge in [0.25, 0.3) is 0 Å². The minimum absolute atomic E-state index is 0.0389. The molecular formula is C6H14N4O3. The van der Waals surface area contributed by atoms with E-state index in [1.54, 1.807) is 0 Å². The van der Waals surface area contributed by atoms with Gasteiger partial charge in [-0.25, -0.2) is 4.79 Å². The molecule has 0 heterocycles. The number of nitrogens with two attached hydrogens (primary N) is 3. The van der Waals surface area contributed by atoms with Gasteiger partial charge in [0.15, 0.2) is 0 Å². The highest BCUT2D eigenvalue weighted by Gasteiger charge is 2.20. The third kappa shape index (κ3) is 3.83. The third-order valence-corrected chi connectivity index (χ3v) is 1.44. The van der Waals surface area contributed by atoms with E-state index in [1.807, 2.05) is 0 Å². The SMILES string of the molecule is NC[C@H](N)C(=O)N[C@H](CN)C(=O)O. The smallest absolute Gasteiger partial charge is 0.327 e. The van der Waals surface area contributed by atoms with Gasteiger partial charge in [0.05, 0.1) is 6.04 Å². The molecule has 0 unspecified atom stereocenters. The summed E-state index contributed by atoms with van der Waals surface area (Å²) in [5, 5.41) is 10.7. The van der Waals surface area contributed by atoms with E-state index >= 15 is 0 Å². The molecule has 0 spiro atoms. The quantitative estimate of drug-likeness (QED) is 0.309. The first-order chi connectivity index (χ1) is 6.02. The Balaban J connectivity index is 4.09. The van der Waals surface area contributed by atoms with Crippen LogP contribution in [0.15, 0.2) is 0 Å². The maximum absolute atomic E-state index is 11.0. The molecule has 7 nitrogen and oxygen atoms in total. The molecule has 2 atom stereocenters. The number of carboxylic acids is 1. The Bertz CT molecular complexity index is 196. The number of hydrogen-bond donors (Lipinski definition) is 5. The molecule has 0 aromatic heterocycles. The number of carbonyl (C=O) groups excluding carboxylic acids is 1. The molecule has 13 heavy (non-hydrogen) atoms. The highest BCUT2D eigenvalue weighted by Crippen LogP contribution is 1.83. The summed E-state index contributed by atoms with van der Waals surface area (Å²) in [4.78, 5) is 21.4. The Labute approximate surface area is 75.3 Å². The Morgan fingerprint density at radius 2 is 1.85 bits per heavy atom. The Morgan fingerprint density at radius 3 is 2.15 bits per heavy atom. The molecule has 0 aromatic carbocycles. The van der Waals surface area contributed by atoms with Crippen molar-refractivity contribution in [3.63, 3.8) is 0 Å². The van der Waals surface area contributed by atoms with Crippen LogP contribution < -0.4 is 22.5 Å². The highest BCUT2D eigenvalue weighted by atomic mass is 16.4. The topological polar surface area (TPSA) is 144 Å². The summed E-state index contributed by atoms with van der Waals surface area (Å²) in [5.74, 6) is -1.81. The van der Waals surface area contributed by atoms with Crippen LogP contribution in [0.4, 0.5) is 0 Å². The van der Waals surface area contributed by atoms with E-state index in [0.717, 1.165) is 0 Å². The van der Waals surface area contributed by atoms with Gasteiger partial charge in [-0.2, -0.15) is 0 Å². The van der Waals surface area contributed by atoms with Crippen molar-refractivity contribution in [3.05, 3.63) is 0 Å². The first-order valence-corrected chi connectivity index (χ1v) is 3.71. The maximum atomic E-state index is 11.0. The van der Waals surface area contributed by atoms with Crippen LogP contribution in [-0.2, 0) is 9.59 Å². The van der Waals surface area contributed by atoms with Gasteiger partial charge in [-0.3, -0.25) is 4.79 Å². The van der Waals surface area contributed by atoms with Gasteiger partial charge in [0.1, 0.15) is 6.04 Å². The molecule has 0 aliphatic heterocycles. The van der Waals surface area contributed by atoms with Crippen LogP contribution in [0.2, 0.25) is 0 Å². The molecule has 7 heteroatoms. The summed E-state index contributed by atoms with van der Waals surface area (Å²) in [6, 6.07) is -2.00. The fraction of sp³-hybridized carbons (Fsp3) is 0.667. The van der Waals surface area contributed by atoms with Crippen LogP contribution >= 0.6 is 0 Å². The zero-order valence-electron chi connectivity index (χ0n) is 7.06. The molecule has 8 N–H and O–H groups in total. The largest absolute Gasteiger partial charge is 0.480 e. The zero-order chi connectivity index (χ0) is 10.4. The number of hydrogen-bond acceptors (Lipinski definition) is 5. The zero-order valence-corrected chi connectivity index (χ0v) is 7.06. The Morgan fingerprint density at radius 1 is 1.31 bits per heavy atom. The summed E-state index contributed by atoms with van der Waals surface area (Å²) >= 11 is 0. The van der Waals surface area contributed by atoms with Crippen LogP contribution in [0.3, 0.4) is 0 Å². The molecule has 0 saturated heterocycles. The van der Waals surface area contributed by atoms with Gasteiger partial charge in [0.2, 0.25) is 5.91 Å². The average molecular weight is 190 g/mol. The molecule has 0 fully saturated rings. The summed E-state index contributed by atoms with van der Waals surface area (Å²) in [6.45, 7) is -0.221. The molecule has 0 aliphatic carbocycles. The van der Waals surface area contributed by atoms with Gasteiger partial charge in [-0.05, 0) is 0 Å². The van der Waals surface area contributed by atoms with Crippen molar-refractivity contribution in [2.24, 2.45) is 17.2 Å². The molecule has 0 rings (SSSR count). The molecule has 1 amide bonds. The van der Waals surface area contributed by atoms with Crippen molar-refractivity contribution < 1.29 is 14.7 Å². The molecule has 0 radical (unpaired) electrons. The van der Waals surface area contributed by atoms with Crippen molar-refractivity contribution in [2.75, 3.05) is 13.1 Å². The van der Waals surface area contributed by atoms with E-state index < -0.39 is 24.0 Å². The molecule has 0 aliphatic rings. The van der Waals surface area contributed by atoms with Gasteiger partial charge in [-0.15, -0.1) is 0 Å². The minimum Gasteiger partial charge on any atom is -0.480 e. The predicted molar refractivity (Wildman–Crippen MR) is 45.7 cm³/mol. The Hall–Kier alpha value is -1.18. The van der Waals surface area contributed by atoms with Crippen molar-refractivity contribution in [2.45, 2.75) is 12.1 Å². The lowest BCUT2D eigenvalue weighted by molar-refractivity contribution is -0.141. The molecular weight excluding hydrogens is 176 g/mol. The van der Waals surface area contributed by atoms with E-state index in [4.69, 9.17) is 22.3 Å². The lowest BCUT2D eigenvalue weighted by atomic mass is 10.2. The third-order valence-electron chi connectivity index (χ3n) is 1.44. The highest BCUT2D eigenvalue weighted by molar-refractivity contribution is 5.87. The normalized spacial score (nSPS) is 14.7. The predicted octanol–water partition coefficient (Wildman–Crippen LogP) is -3.20. The molecule has 0 saturated carbocycles. The number of rotatable bonds is 5. The van der Waals surface area contributed by atoms with E-state index in [2.05, 4.69) is 5.32 Å². The fourth-order valence-electron chi connectivity index (χ4n) is 0.607. The lowest BCUT2D eigenvalue weighted by Crippen LogP contribution is -2.53. The first-order valence-electron chi connectivity index (χ1n) is 3.71. The van der Waals surface area contributed by atoms with Crippen molar-refractivity contribution >= 4 is 11.9 Å². The number of carbonyl (C=O) groups is 2. The van der Waals surface area contributed by atoms with Crippen LogP contribution in [0.5, 0.6) is 0 Å². The van der Waals surface area contributed by atoms with E-state index in [9.17, 15) is 9.59 Å². The van der Waals surface area contributed by atoms with Crippen molar-refractivity contribution in [1.82, 2.24) is 5.32 Å². The number of amides is 1. The molecule has 0 bridgehead atoms. The van der Waals surface area contributed by atoms with Crippen LogP contribution in [-0.4, -0.2) is 42.2 Å². The number of carboxylic acid groups (broad SMARTS) is 1. The van der Waals surface area contributed by atoms with E-state index in [0.29, 0.717) is 0 Å². The van der Waals surface area contributed by atoms with Crippen molar-refractivity contribution in [1.29, 1.82) is 0 Å². The van der Waals surface area contributed by atoms with Crippen LogP contribution in [0, 0.1) is 0 Å². The molecule has 0 aromatic rings. The van der Waals surface area contributed by atoms with Crippen LogP contribution in [0.1, 0.15) is 0 Å². The monoisotopic (exact) mass is 190 g/mol. The second-order valence-electron chi connectivity index (χ2n) is 2.48. The van der Waals surface area contributed by atoms with E-state index in [1.165, 1.54) is 0 Å². The fourth-order valence-corrected chi connectivity index (χ4v) is 0.607. The average Bonchev–Trinajstić information content (AvgIpc) is 2.11. The van der Waals surface area contributed by atoms with Crippen molar-refractivity contribution in [3.8, 4) is 0 Å². The minimum atomic E-state index is -1.19. The first kappa shape index (κ1) is 11.8.